The SMILES string of the molecule is CCOc1ccc(C)c(/C(S)=C(/S)c2ccc(OC)cc2)c1. The van der Waals surface area contributed by atoms with Gasteiger partial charge in [-0.25, -0.2) is 0 Å². The summed E-state index contributed by atoms with van der Waals surface area (Å²) in [4.78, 5) is 1.65. The summed E-state index contributed by atoms with van der Waals surface area (Å²) in [5.74, 6) is 1.66. The van der Waals surface area contributed by atoms with Crippen LogP contribution in [0.25, 0.3) is 9.81 Å². The van der Waals surface area contributed by atoms with Gasteiger partial charge in [-0.3, -0.25) is 0 Å². The lowest BCUT2D eigenvalue weighted by atomic mass is 10.1. The van der Waals surface area contributed by atoms with Gasteiger partial charge in [0.1, 0.15) is 11.5 Å². The van der Waals surface area contributed by atoms with Gasteiger partial charge >= 0.3 is 0 Å². The van der Waals surface area contributed by atoms with Gasteiger partial charge in [0.2, 0.25) is 0 Å². The van der Waals surface area contributed by atoms with Gasteiger partial charge in [-0.2, -0.15) is 0 Å². The minimum absolute atomic E-state index is 0.639. The summed E-state index contributed by atoms with van der Waals surface area (Å²) in [6, 6.07) is 13.8. The van der Waals surface area contributed by atoms with Gasteiger partial charge in [0, 0.05) is 9.81 Å². The van der Waals surface area contributed by atoms with Crippen LogP contribution in [-0.2, 0) is 0 Å². The summed E-state index contributed by atoms with van der Waals surface area (Å²) in [7, 11) is 1.65. The monoisotopic (exact) mass is 332 g/mol. The highest BCUT2D eigenvalue weighted by Crippen LogP contribution is 2.35. The lowest BCUT2D eigenvalue weighted by Gasteiger charge is -2.12. The zero-order chi connectivity index (χ0) is 16.1. The molecule has 2 rings (SSSR count). The summed E-state index contributed by atoms with van der Waals surface area (Å²) in [5.41, 5.74) is 3.15. The van der Waals surface area contributed by atoms with E-state index >= 15 is 0 Å². The first-order valence-electron chi connectivity index (χ1n) is 7.07. The average molecular weight is 332 g/mol. The van der Waals surface area contributed by atoms with Crippen LogP contribution in [0.3, 0.4) is 0 Å². The molecule has 0 unspecified atom stereocenters. The Balaban J connectivity index is 2.42. The minimum atomic E-state index is 0.639. The van der Waals surface area contributed by atoms with E-state index in [2.05, 4.69) is 32.2 Å². The number of hydrogen-bond donors (Lipinski definition) is 2. The molecule has 0 aliphatic heterocycles. The topological polar surface area (TPSA) is 18.5 Å². The van der Waals surface area contributed by atoms with E-state index < -0.39 is 0 Å². The summed E-state index contributed by atoms with van der Waals surface area (Å²) >= 11 is 9.32. The third-order valence-electron chi connectivity index (χ3n) is 3.36. The Kier molecular flexibility index (Phi) is 5.86. The molecule has 0 amide bonds. The molecule has 2 nitrogen and oxygen atoms in total. The lowest BCUT2D eigenvalue weighted by Crippen LogP contribution is -1.94. The van der Waals surface area contributed by atoms with Crippen molar-refractivity contribution in [3.05, 3.63) is 59.2 Å². The van der Waals surface area contributed by atoms with Crippen LogP contribution < -0.4 is 9.47 Å². The Hall–Kier alpha value is -1.52. The number of hydrogen-bond acceptors (Lipinski definition) is 4. The van der Waals surface area contributed by atoms with Crippen LogP contribution in [0, 0.1) is 6.92 Å². The number of ether oxygens (including phenoxy) is 2. The largest absolute Gasteiger partial charge is 0.497 e. The van der Waals surface area contributed by atoms with Crippen LogP contribution in [0.2, 0.25) is 0 Å². The highest BCUT2D eigenvalue weighted by Gasteiger charge is 2.09. The highest BCUT2D eigenvalue weighted by atomic mass is 32.1. The molecule has 2 aromatic rings. The summed E-state index contributed by atoms with van der Waals surface area (Å²) in [6.45, 7) is 4.66. The number of rotatable bonds is 5. The second-order valence-corrected chi connectivity index (χ2v) is 5.73. The molecule has 22 heavy (non-hydrogen) atoms. The van der Waals surface area contributed by atoms with Gasteiger partial charge in [-0.15, -0.1) is 25.3 Å². The first-order valence-corrected chi connectivity index (χ1v) is 7.96. The van der Waals surface area contributed by atoms with Crippen LogP contribution in [-0.4, -0.2) is 13.7 Å². The average Bonchev–Trinajstić information content (AvgIpc) is 2.55. The van der Waals surface area contributed by atoms with Crippen molar-refractivity contribution in [2.24, 2.45) is 0 Å². The molecular weight excluding hydrogens is 312 g/mol. The maximum absolute atomic E-state index is 5.57. The highest BCUT2D eigenvalue weighted by molar-refractivity contribution is 7.96. The van der Waals surface area contributed by atoms with Crippen molar-refractivity contribution in [3.8, 4) is 11.5 Å². The number of aryl methyl sites for hydroxylation is 1. The van der Waals surface area contributed by atoms with E-state index in [9.17, 15) is 0 Å². The van der Waals surface area contributed by atoms with E-state index in [0.717, 1.165) is 38.0 Å². The standard InChI is InChI=1S/C18H20O2S2/c1-4-20-15-8-5-12(2)16(11-15)18(22)17(21)13-6-9-14(19-3)10-7-13/h5-11,21-22H,4H2,1-3H3/b18-17-. The van der Waals surface area contributed by atoms with E-state index in [-0.39, 0.29) is 0 Å². The molecular formula is C18H20O2S2. The normalized spacial score (nSPS) is 11.9. The molecule has 0 fully saturated rings. The Morgan fingerprint density at radius 1 is 0.955 bits per heavy atom. The fourth-order valence-corrected chi connectivity index (χ4v) is 2.77. The van der Waals surface area contributed by atoms with Gasteiger partial charge in [0.25, 0.3) is 0 Å². The van der Waals surface area contributed by atoms with Gasteiger partial charge in [-0.1, -0.05) is 18.2 Å². The zero-order valence-electron chi connectivity index (χ0n) is 13.0. The fraction of sp³-hybridized carbons (Fsp3) is 0.222. The Bertz CT molecular complexity index is 676. The second-order valence-electron chi connectivity index (χ2n) is 4.84. The van der Waals surface area contributed by atoms with Crippen LogP contribution in [0.1, 0.15) is 23.6 Å². The van der Waals surface area contributed by atoms with Crippen molar-refractivity contribution in [3.63, 3.8) is 0 Å². The molecule has 0 aliphatic carbocycles. The van der Waals surface area contributed by atoms with E-state index in [1.165, 1.54) is 0 Å². The van der Waals surface area contributed by atoms with E-state index in [0.29, 0.717) is 6.61 Å². The summed E-state index contributed by atoms with van der Waals surface area (Å²) in [5, 5.41) is 0. The van der Waals surface area contributed by atoms with E-state index in [1.54, 1.807) is 7.11 Å². The predicted octanol–water partition coefficient (Wildman–Crippen LogP) is 5.09. The van der Waals surface area contributed by atoms with Gasteiger partial charge < -0.3 is 9.47 Å². The first kappa shape index (κ1) is 16.8. The van der Waals surface area contributed by atoms with E-state index in [4.69, 9.17) is 9.47 Å². The van der Waals surface area contributed by atoms with Gasteiger partial charge in [0.05, 0.1) is 13.7 Å². The van der Waals surface area contributed by atoms with Crippen LogP contribution in [0.5, 0.6) is 11.5 Å². The Labute approximate surface area is 143 Å². The third-order valence-corrected chi connectivity index (χ3v) is 4.49. The molecule has 116 valence electrons. The smallest absolute Gasteiger partial charge is 0.119 e. The van der Waals surface area contributed by atoms with Crippen molar-refractivity contribution in [2.75, 3.05) is 13.7 Å². The zero-order valence-corrected chi connectivity index (χ0v) is 14.7. The lowest BCUT2D eigenvalue weighted by molar-refractivity contribution is 0.340. The number of methoxy groups -OCH3 is 1. The molecule has 2 aromatic carbocycles. The molecule has 0 N–H and O–H groups in total. The summed E-state index contributed by atoms with van der Waals surface area (Å²) < 4.78 is 10.7. The first-order chi connectivity index (χ1) is 10.6. The van der Waals surface area contributed by atoms with Gasteiger partial charge in [0.15, 0.2) is 0 Å². The third kappa shape index (κ3) is 3.81. The molecule has 4 heteroatoms. The van der Waals surface area contributed by atoms with Gasteiger partial charge in [-0.05, 0) is 54.8 Å². The maximum Gasteiger partial charge on any atom is 0.119 e. The van der Waals surface area contributed by atoms with Crippen molar-refractivity contribution >= 4 is 35.1 Å². The molecule has 0 aliphatic rings. The molecule has 0 radical (unpaired) electrons. The van der Waals surface area contributed by atoms with Crippen LogP contribution in [0.4, 0.5) is 0 Å². The van der Waals surface area contributed by atoms with Crippen molar-refractivity contribution < 1.29 is 9.47 Å². The molecule has 0 heterocycles. The molecule has 0 aromatic heterocycles. The van der Waals surface area contributed by atoms with Crippen molar-refractivity contribution in [1.29, 1.82) is 0 Å². The molecule has 0 atom stereocenters. The number of benzene rings is 2. The van der Waals surface area contributed by atoms with Crippen LogP contribution >= 0.6 is 25.3 Å². The maximum atomic E-state index is 5.57. The van der Waals surface area contributed by atoms with Crippen LogP contribution in [0.15, 0.2) is 42.5 Å². The molecule has 0 saturated heterocycles. The number of thiol groups is 2. The fourth-order valence-electron chi connectivity index (χ4n) is 2.13. The second kappa shape index (κ2) is 7.65. The molecule has 0 saturated carbocycles. The molecule has 0 spiro atoms. The molecule has 0 bridgehead atoms. The minimum Gasteiger partial charge on any atom is -0.497 e. The predicted molar refractivity (Wildman–Crippen MR) is 100 cm³/mol. The Morgan fingerprint density at radius 2 is 1.59 bits per heavy atom. The quantitative estimate of drug-likeness (QED) is 0.587. The van der Waals surface area contributed by atoms with Crippen molar-refractivity contribution in [1.82, 2.24) is 0 Å². The Morgan fingerprint density at radius 3 is 2.18 bits per heavy atom. The summed E-state index contributed by atoms with van der Waals surface area (Å²) in [6.07, 6.45) is 0. The van der Waals surface area contributed by atoms with Crippen molar-refractivity contribution in [2.45, 2.75) is 13.8 Å². The van der Waals surface area contributed by atoms with E-state index in [1.807, 2.05) is 49.4 Å².